The van der Waals surface area contributed by atoms with Gasteiger partial charge in [0.25, 0.3) is 0 Å². The van der Waals surface area contributed by atoms with Gasteiger partial charge < -0.3 is 38.1 Å². The van der Waals surface area contributed by atoms with Gasteiger partial charge in [0.15, 0.2) is 23.0 Å². The molecule has 2 aromatic rings. The Labute approximate surface area is 317 Å². The lowest BCUT2D eigenvalue weighted by molar-refractivity contribution is -0.963. The second-order valence-electron chi connectivity index (χ2n) is 17.3. The molecule has 4 heterocycles. The van der Waals surface area contributed by atoms with Gasteiger partial charge in [-0.15, -0.1) is 0 Å². The van der Waals surface area contributed by atoms with E-state index in [4.69, 9.17) is 18.9 Å². The van der Waals surface area contributed by atoms with Gasteiger partial charge >= 0.3 is 23.9 Å². The predicted molar refractivity (Wildman–Crippen MR) is 197 cm³/mol. The van der Waals surface area contributed by atoms with E-state index in [2.05, 4.69) is 14.1 Å². The van der Waals surface area contributed by atoms with Gasteiger partial charge in [0, 0.05) is 76.3 Å². The highest BCUT2D eigenvalue weighted by atomic mass is 16.6. The highest BCUT2D eigenvalue weighted by molar-refractivity contribution is 5.89. The molecule has 0 aromatic heterocycles. The van der Waals surface area contributed by atoms with Crippen LogP contribution in [0.1, 0.15) is 89.2 Å². The number of aliphatic carboxylic acids is 2. The Morgan fingerprint density at radius 3 is 1.20 bits per heavy atom. The molecular formula is C42H56N2O10+2. The third-order valence-corrected chi connectivity index (χ3v) is 15.1. The van der Waals surface area contributed by atoms with E-state index >= 15 is 0 Å². The van der Waals surface area contributed by atoms with Crippen LogP contribution in [0, 0.1) is 22.7 Å². The van der Waals surface area contributed by atoms with Gasteiger partial charge in [-0.1, -0.05) is 0 Å². The maximum absolute atomic E-state index is 13.8. The molecule has 1 saturated carbocycles. The number of esters is 2. The van der Waals surface area contributed by atoms with E-state index in [1.54, 1.807) is 26.4 Å². The normalized spacial score (nSPS) is 36.5. The molecule has 0 radical (unpaired) electrons. The van der Waals surface area contributed by atoms with Gasteiger partial charge in [-0.25, -0.2) is 0 Å². The molecular weight excluding hydrogens is 692 g/mol. The molecule has 7 rings (SSSR count). The highest BCUT2D eigenvalue weighted by Crippen LogP contribution is 2.71. The lowest BCUT2D eigenvalue weighted by atomic mass is 9.38. The van der Waals surface area contributed by atoms with Crippen LogP contribution in [0.2, 0.25) is 0 Å². The monoisotopic (exact) mass is 748 g/mol. The molecule has 5 fully saturated rings. The number of benzene rings is 2. The van der Waals surface area contributed by atoms with E-state index in [-0.39, 0.29) is 36.0 Å². The maximum Gasteiger partial charge on any atom is 0.311 e. The van der Waals surface area contributed by atoms with Crippen LogP contribution in [-0.2, 0) is 32.3 Å². The maximum atomic E-state index is 13.8. The van der Waals surface area contributed by atoms with Gasteiger partial charge in [-0.05, 0) is 61.1 Å². The van der Waals surface area contributed by atoms with Gasteiger partial charge in [-0.3, -0.25) is 19.2 Å². The van der Waals surface area contributed by atoms with Crippen molar-refractivity contribution in [1.82, 2.24) is 0 Å². The Bertz CT molecular complexity index is 1690. The molecule has 4 saturated heterocycles. The summed E-state index contributed by atoms with van der Waals surface area (Å²) in [7, 11) is 7.64. The standard InChI is InChI=1S/C42H54N2O10/c1-25(45)53-35-13-7-27(17-37(35)51-5)23-43(3)31-9-10-32(43)20-29(19-31)41(39(47)48)15-16-42(41,40(49)50)30-21-33-11-12-34(22-30)44(33,4)24-28-8-14-36(54-26(2)46)38(18-28)52-6/h7-8,13-14,17-18,29-34H,9-12,15-16,19-24H2,1-6H3/p+2/t29?,30?,31?,32?,33?,34?,41-,42+,43?,44?. The zero-order chi connectivity index (χ0) is 38.8. The molecule has 2 N–H and O–H groups in total. The highest BCUT2D eigenvalue weighted by Gasteiger charge is 2.76. The number of fused-ring (bicyclic) bond motifs is 4. The van der Waals surface area contributed by atoms with E-state index < -0.39 is 34.7 Å². The van der Waals surface area contributed by atoms with Crippen LogP contribution >= 0.6 is 0 Å². The number of quaternary nitrogens is 2. The summed E-state index contributed by atoms with van der Waals surface area (Å²) in [5, 5.41) is 22.5. The van der Waals surface area contributed by atoms with Gasteiger partial charge in [-0.2, -0.15) is 0 Å². The minimum absolute atomic E-state index is 0.211. The number of methoxy groups -OCH3 is 2. The summed E-state index contributed by atoms with van der Waals surface area (Å²) in [6.07, 6.45) is 7.49. The number of rotatable bonds is 12. The van der Waals surface area contributed by atoms with E-state index in [0.29, 0.717) is 61.5 Å². The van der Waals surface area contributed by atoms with Crippen LogP contribution in [-0.4, -0.2) is 95.5 Å². The van der Waals surface area contributed by atoms with Crippen LogP contribution in [0.25, 0.3) is 0 Å². The third-order valence-electron chi connectivity index (χ3n) is 15.1. The molecule has 6 atom stereocenters. The summed E-state index contributed by atoms with van der Waals surface area (Å²) in [4.78, 5) is 50.8. The van der Waals surface area contributed by atoms with Crippen molar-refractivity contribution in [2.45, 2.75) is 115 Å². The van der Waals surface area contributed by atoms with E-state index in [0.717, 1.165) is 58.9 Å². The third kappa shape index (κ3) is 5.86. The van der Waals surface area contributed by atoms with Crippen molar-refractivity contribution < 1.29 is 57.3 Å². The summed E-state index contributed by atoms with van der Waals surface area (Å²) >= 11 is 0. The molecule has 54 heavy (non-hydrogen) atoms. The second-order valence-corrected chi connectivity index (χ2v) is 17.3. The molecule has 2 aromatic carbocycles. The van der Waals surface area contributed by atoms with Gasteiger partial charge in [0.2, 0.25) is 0 Å². The fourth-order valence-corrected chi connectivity index (χ4v) is 12.4. The molecule has 12 nitrogen and oxygen atoms in total. The Hall–Kier alpha value is -4.16. The van der Waals surface area contributed by atoms with Gasteiger partial charge in [0.05, 0.1) is 63.3 Å². The number of carboxylic acids is 2. The Morgan fingerprint density at radius 1 is 0.611 bits per heavy atom. The van der Waals surface area contributed by atoms with E-state index in [1.165, 1.54) is 13.8 Å². The van der Waals surface area contributed by atoms with Crippen LogP contribution in [0.3, 0.4) is 0 Å². The SMILES string of the molecule is COc1cc(C[N+]2(C)C3CCC2CC([C@@]2(C(=O)O)CC[C@@]2(C(=O)O)C2CC4CCC(C2)[N+]4(C)Cc2ccc(OC(C)=O)c(OC)c2)C3)ccc1OC(C)=O. The summed E-state index contributed by atoms with van der Waals surface area (Å²) in [5.41, 5.74) is -0.501. The Kier molecular flexibility index (Phi) is 9.78. The lowest BCUT2D eigenvalue weighted by Crippen LogP contribution is -2.71. The number of ether oxygens (including phenoxy) is 4. The summed E-state index contributed by atoms with van der Waals surface area (Å²) < 4.78 is 23.3. The van der Waals surface area contributed by atoms with Crippen molar-refractivity contribution in [3.63, 3.8) is 0 Å². The Morgan fingerprint density at radius 2 is 0.944 bits per heavy atom. The van der Waals surface area contributed by atoms with Crippen molar-refractivity contribution in [3.8, 4) is 23.0 Å². The molecule has 292 valence electrons. The molecule has 1 aliphatic carbocycles. The number of carbonyl (C=O) groups excluding carboxylic acids is 2. The molecule has 4 unspecified atom stereocenters. The Balaban J connectivity index is 1.12. The summed E-state index contributed by atoms with van der Waals surface area (Å²) in [6.45, 7) is 4.17. The molecule has 0 spiro atoms. The first-order valence-electron chi connectivity index (χ1n) is 19.5. The van der Waals surface area contributed by atoms with Crippen molar-refractivity contribution in [2.24, 2.45) is 22.7 Å². The molecule has 12 heteroatoms. The minimum atomic E-state index is -1.30. The largest absolute Gasteiger partial charge is 0.493 e. The number of carbonyl (C=O) groups is 4. The van der Waals surface area contributed by atoms with Crippen LogP contribution in [0.5, 0.6) is 23.0 Å². The number of carboxylic acid groups (broad SMARTS) is 2. The molecule has 4 bridgehead atoms. The zero-order valence-electron chi connectivity index (χ0n) is 32.5. The summed E-state index contributed by atoms with van der Waals surface area (Å²) in [5.74, 6) is -1.38. The van der Waals surface area contributed by atoms with Crippen molar-refractivity contribution in [3.05, 3.63) is 47.5 Å². The van der Waals surface area contributed by atoms with Crippen LogP contribution < -0.4 is 18.9 Å². The number of hydrogen-bond acceptors (Lipinski definition) is 8. The van der Waals surface area contributed by atoms with Crippen molar-refractivity contribution >= 4 is 23.9 Å². The number of hydrogen-bond donors (Lipinski definition) is 2. The minimum Gasteiger partial charge on any atom is -0.493 e. The average molecular weight is 749 g/mol. The van der Waals surface area contributed by atoms with Crippen LogP contribution in [0.4, 0.5) is 0 Å². The summed E-state index contributed by atoms with van der Waals surface area (Å²) in [6, 6.07) is 12.2. The zero-order valence-corrected chi connectivity index (χ0v) is 32.5. The van der Waals surface area contributed by atoms with Crippen molar-refractivity contribution in [1.29, 1.82) is 0 Å². The first-order valence-corrected chi connectivity index (χ1v) is 19.5. The fourth-order valence-electron chi connectivity index (χ4n) is 12.4. The quantitative estimate of drug-likeness (QED) is 0.151. The lowest BCUT2D eigenvalue weighted by Gasteiger charge is -2.64. The molecule has 0 amide bonds. The molecule has 4 aliphatic heterocycles. The second kappa shape index (κ2) is 13.8. The van der Waals surface area contributed by atoms with E-state index in [1.807, 2.05) is 24.3 Å². The van der Waals surface area contributed by atoms with Crippen molar-refractivity contribution in [2.75, 3.05) is 28.3 Å². The first kappa shape index (κ1) is 38.1. The first-order chi connectivity index (χ1) is 25.6. The fraction of sp³-hybridized carbons (Fsp3) is 0.619. The van der Waals surface area contributed by atoms with Gasteiger partial charge in [0.1, 0.15) is 13.1 Å². The molecule has 5 aliphatic rings. The topological polar surface area (TPSA) is 146 Å². The number of nitrogens with zero attached hydrogens (tertiary/aromatic N) is 2. The van der Waals surface area contributed by atoms with Crippen LogP contribution in [0.15, 0.2) is 36.4 Å². The number of piperidine rings is 2. The predicted octanol–water partition coefficient (Wildman–Crippen LogP) is 5.97. The van der Waals surface area contributed by atoms with E-state index in [9.17, 15) is 29.4 Å². The smallest absolute Gasteiger partial charge is 0.311 e. The average Bonchev–Trinajstić information content (AvgIpc) is 3.33.